The molecule has 1 amide bonds. The standard InChI is InChI=1S/C31H43NO6S2.Li/c1-4-40(36,37)21-25(18-23-11-6-5-7-12-23)38-20-24-14-15-27(28(19-24)26-13-9-8-10-22(26)2)30(33)32-29(31(34)35)16-17-39-3;/h8-10,13-15,19,23,25,29H,4-7,11-12,16-18,20-21H2,1-3H3,(H,32,33)(H,34,35);/q;+1. The molecular weight excluding hydrogens is 553 g/mol. The first-order valence-electron chi connectivity index (χ1n) is 14.2. The number of aryl methyl sites for hydroxylation is 1. The zero-order valence-corrected chi connectivity index (χ0v) is 26.5. The second kappa shape index (κ2) is 17.4. The van der Waals surface area contributed by atoms with E-state index in [1.807, 2.05) is 43.5 Å². The van der Waals surface area contributed by atoms with Gasteiger partial charge in [0.25, 0.3) is 5.91 Å². The second-order valence-corrected chi connectivity index (χ2v) is 14.1. The van der Waals surface area contributed by atoms with Crippen LogP contribution < -0.4 is 24.2 Å². The molecule has 0 radical (unpaired) electrons. The maximum absolute atomic E-state index is 13.3. The minimum Gasteiger partial charge on any atom is -0.480 e. The Balaban J connectivity index is 0.00000588. The number of amides is 1. The summed E-state index contributed by atoms with van der Waals surface area (Å²) in [7, 11) is -3.20. The zero-order valence-electron chi connectivity index (χ0n) is 24.9. The number of hydrogen-bond acceptors (Lipinski definition) is 6. The van der Waals surface area contributed by atoms with Crippen molar-refractivity contribution in [2.45, 2.75) is 77.5 Å². The first-order chi connectivity index (χ1) is 19.1. The third kappa shape index (κ3) is 11.1. The van der Waals surface area contributed by atoms with Gasteiger partial charge in [-0.05, 0) is 72.1 Å². The van der Waals surface area contributed by atoms with E-state index in [9.17, 15) is 23.1 Å². The number of sulfone groups is 1. The molecule has 2 aromatic carbocycles. The molecule has 2 unspecified atom stereocenters. The number of hydrogen-bond donors (Lipinski definition) is 2. The molecule has 3 rings (SSSR count). The van der Waals surface area contributed by atoms with E-state index in [0.717, 1.165) is 36.0 Å². The summed E-state index contributed by atoms with van der Waals surface area (Å²) in [6.07, 6.45) is 8.40. The number of carboxylic acids is 1. The number of aliphatic carboxylic acids is 1. The molecule has 220 valence electrons. The van der Waals surface area contributed by atoms with Crippen LogP contribution in [0.5, 0.6) is 0 Å². The number of benzene rings is 2. The van der Waals surface area contributed by atoms with Gasteiger partial charge >= 0.3 is 24.8 Å². The van der Waals surface area contributed by atoms with Crippen LogP contribution in [0.4, 0.5) is 0 Å². The molecule has 0 spiro atoms. The number of nitrogens with one attached hydrogen (secondary N) is 1. The van der Waals surface area contributed by atoms with Crippen LogP contribution in [-0.4, -0.2) is 61.1 Å². The van der Waals surface area contributed by atoms with Crippen LogP contribution in [0.15, 0.2) is 42.5 Å². The van der Waals surface area contributed by atoms with Crippen molar-refractivity contribution in [3.8, 4) is 11.1 Å². The fourth-order valence-corrected chi connectivity index (χ4v) is 6.81. The molecule has 1 saturated carbocycles. The van der Waals surface area contributed by atoms with Crippen molar-refractivity contribution in [1.29, 1.82) is 0 Å². The normalized spacial score (nSPS) is 15.5. The second-order valence-electron chi connectivity index (χ2n) is 10.7. The fourth-order valence-electron chi connectivity index (χ4n) is 5.30. The molecule has 2 N–H and O–H groups in total. The van der Waals surface area contributed by atoms with Crippen molar-refractivity contribution >= 4 is 33.5 Å². The Hall–Kier alpha value is -1.76. The van der Waals surface area contributed by atoms with E-state index in [2.05, 4.69) is 5.32 Å². The van der Waals surface area contributed by atoms with Crippen molar-refractivity contribution in [3.63, 3.8) is 0 Å². The van der Waals surface area contributed by atoms with Gasteiger partial charge in [0.1, 0.15) is 6.04 Å². The first-order valence-corrected chi connectivity index (χ1v) is 17.4. The minimum absolute atomic E-state index is 0. The molecule has 1 aliphatic rings. The molecule has 41 heavy (non-hydrogen) atoms. The van der Waals surface area contributed by atoms with Gasteiger partial charge in [-0.15, -0.1) is 0 Å². The summed E-state index contributed by atoms with van der Waals surface area (Å²) in [5.41, 5.74) is 3.76. The van der Waals surface area contributed by atoms with E-state index in [0.29, 0.717) is 29.2 Å². The van der Waals surface area contributed by atoms with Gasteiger partial charge in [-0.2, -0.15) is 11.8 Å². The average molecular weight is 597 g/mol. The number of ether oxygens (including phenoxy) is 1. The summed E-state index contributed by atoms with van der Waals surface area (Å²) >= 11 is 1.53. The smallest absolute Gasteiger partial charge is 0.480 e. The van der Waals surface area contributed by atoms with E-state index in [1.165, 1.54) is 31.0 Å². The Morgan fingerprint density at radius 2 is 1.80 bits per heavy atom. The van der Waals surface area contributed by atoms with Gasteiger partial charge in [0, 0.05) is 11.3 Å². The third-order valence-electron chi connectivity index (χ3n) is 7.66. The monoisotopic (exact) mass is 596 g/mol. The molecule has 7 nitrogen and oxygen atoms in total. The summed E-state index contributed by atoms with van der Waals surface area (Å²) < 4.78 is 31.3. The summed E-state index contributed by atoms with van der Waals surface area (Å²) in [5, 5.41) is 12.3. The van der Waals surface area contributed by atoms with E-state index in [-0.39, 0.29) is 43.1 Å². The molecule has 10 heteroatoms. The number of rotatable bonds is 15. The molecule has 2 atom stereocenters. The summed E-state index contributed by atoms with van der Waals surface area (Å²) in [6, 6.07) is 12.2. The number of carbonyl (C=O) groups excluding carboxylic acids is 1. The Bertz CT molecular complexity index is 1250. The van der Waals surface area contributed by atoms with Gasteiger partial charge in [0.2, 0.25) is 0 Å². The average Bonchev–Trinajstić information content (AvgIpc) is 2.94. The molecule has 1 fully saturated rings. The number of carboxylic acid groups (broad SMARTS) is 1. The van der Waals surface area contributed by atoms with Crippen molar-refractivity contribution in [2.24, 2.45) is 5.92 Å². The molecule has 2 aromatic rings. The number of carbonyl (C=O) groups is 2. The fraction of sp³-hybridized carbons (Fsp3) is 0.548. The molecule has 0 aliphatic heterocycles. The molecular formula is C31H43LiNO6S2+. The summed E-state index contributed by atoms with van der Waals surface area (Å²) in [6.45, 7) is 3.86. The number of thioether (sulfide) groups is 1. The van der Waals surface area contributed by atoms with E-state index < -0.39 is 27.8 Å². The van der Waals surface area contributed by atoms with Gasteiger partial charge in [-0.1, -0.05) is 69.4 Å². The van der Waals surface area contributed by atoms with Crippen molar-refractivity contribution in [2.75, 3.05) is 23.5 Å². The summed E-state index contributed by atoms with van der Waals surface area (Å²) in [4.78, 5) is 25.1. The van der Waals surface area contributed by atoms with E-state index in [4.69, 9.17) is 4.74 Å². The van der Waals surface area contributed by atoms with E-state index in [1.54, 1.807) is 19.1 Å². The van der Waals surface area contributed by atoms with Crippen molar-refractivity contribution in [3.05, 3.63) is 59.2 Å². The SMILES string of the molecule is CCS(=O)(=O)CC(CC1CCCCC1)OCc1ccc(C(=O)NC(CCSC)C(=O)O)c(-c2ccccc2C)c1.[Li+]. The van der Waals surface area contributed by atoms with Crippen LogP contribution >= 0.6 is 11.8 Å². The van der Waals surface area contributed by atoms with Crippen LogP contribution in [0, 0.1) is 12.8 Å². The van der Waals surface area contributed by atoms with Gasteiger partial charge in [-0.3, -0.25) is 4.79 Å². The van der Waals surface area contributed by atoms with Crippen LogP contribution in [0.1, 0.15) is 73.4 Å². The minimum atomic E-state index is -3.20. The van der Waals surface area contributed by atoms with Crippen LogP contribution in [0.3, 0.4) is 0 Å². The van der Waals surface area contributed by atoms with Crippen LogP contribution in [0.2, 0.25) is 0 Å². The zero-order chi connectivity index (χ0) is 29.1. The largest absolute Gasteiger partial charge is 1.00 e. The molecule has 0 bridgehead atoms. The molecule has 0 heterocycles. The topological polar surface area (TPSA) is 110 Å². The van der Waals surface area contributed by atoms with Gasteiger partial charge in [0.05, 0.1) is 18.5 Å². The van der Waals surface area contributed by atoms with Crippen molar-refractivity contribution < 1.29 is 46.7 Å². The predicted octanol–water partition coefficient (Wildman–Crippen LogP) is 2.89. The predicted molar refractivity (Wildman–Crippen MR) is 163 cm³/mol. The van der Waals surface area contributed by atoms with Gasteiger partial charge in [-0.25, -0.2) is 13.2 Å². The Morgan fingerprint density at radius 1 is 1.10 bits per heavy atom. The maximum Gasteiger partial charge on any atom is 1.00 e. The van der Waals surface area contributed by atoms with Crippen LogP contribution in [0.25, 0.3) is 11.1 Å². The first kappa shape index (κ1) is 35.4. The maximum atomic E-state index is 13.3. The Kier molecular flexibility index (Phi) is 15.0. The Labute approximate surface area is 261 Å². The summed E-state index contributed by atoms with van der Waals surface area (Å²) in [5.74, 6) is -0.300. The van der Waals surface area contributed by atoms with E-state index >= 15 is 0 Å². The van der Waals surface area contributed by atoms with Crippen LogP contribution in [-0.2, 0) is 26.0 Å². The third-order valence-corrected chi connectivity index (χ3v) is 10.1. The molecule has 0 aromatic heterocycles. The molecule has 0 saturated heterocycles. The Morgan fingerprint density at radius 3 is 2.44 bits per heavy atom. The van der Waals surface area contributed by atoms with Gasteiger partial charge in [0.15, 0.2) is 9.84 Å². The van der Waals surface area contributed by atoms with Gasteiger partial charge < -0.3 is 15.2 Å². The molecule has 1 aliphatic carbocycles. The quantitative estimate of drug-likeness (QED) is 0.305. The van der Waals surface area contributed by atoms with Crippen molar-refractivity contribution in [1.82, 2.24) is 5.32 Å².